The number of likely N-dealkylation sites (N-methyl/N-ethyl adjacent to an activating group) is 1. The number of nitrogens with one attached hydrogen (secondary N) is 2. The Kier molecular flexibility index (Phi) is 7.79. The van der Waals surface area contributed by atoms with Crippen molar-refractivity contribution in [1.82, 2.24) is 10.2 Å². The molecule has 0 heterocycles. The van der Waals surface area contributed by atoms with Crippen LogP contribution in [0.15, 0.2) is 48.5 Å². The normalized spacial score (nSPS) is 10.3. The van der Waals surface area contributed by atoms with Gasteiger partial charge in [0.05, 0.1) is 6.42 Å². The summed E-state index contributed by atoms with van der Waals surface area (Å²) in [6.45, 7) is 5.73. The van der Waals surface area contributed by atoms with Crippen molar-refractivity contribution >= 4 is 17.6 Å². The van der Waals surface area contributed by atoms with Gasteiger partial charge in [-0.15, -0.1) is 0 Å². The molecule has 0 fully saturated rings. The number of benzene rings is 2. The molecule has 3 amide bonds. The second kappa shape index (κ2) is 10.3. The number of carbonyl (C=O) groups is 2. The quantitative estimate of drug-likeness (QED) is 0.745. The zero-order valence-corrected chi connectivity index (χ0v) is 15.8. The van der Waals surface area contributed by atoms with Gasteiger partial charge in [-0.25, -0.2) is 9.18 Å². The van der Waals surface area contributed by atoms with Crippen LogP contribution in [-0.4, -0.2) is 36.5 Å². The minimum absolute atomic E-state index is 0.0933. The SMILES string of the molecule is CCN(CC)C(=O)Cc1ccc(NC(=O)NCCc2cccc(F)c2)cc1. The average Bonchev–Trinajstić information content (AvgIpc) is 2.64. The van der Waals surface area contributed by atoms with Crippen LogP contribution in [0.5, 0.6) is 0 Å². The molecule has 0 atom stereocenters. The predicted molar refractivity (Wildman–Crippen MR) is 105 cm³/mol. The van der Waals surface area contributed by atoms with E-state index in [2.05, 4.69) is 10.6 Å². The van der Waals surface area contributed by atoms with Crippen molar-refractivity contribution in [3.05, 3.63) is 65.5 Å². The summed E-state index contributed by atoms with van der Waals surface area (Å²) < 4.78 is 13.1. The van der Waals surface area contributed by atoms with Crippen molar-refractivity contribution in [2.24, 2.45) is 0 Å². The van der Waals surface area contributed by atoms with Gasteiger partial charge in [0, 0.05) is 25.3 Å². The summed E-state index contributed by atoms with van der Waals surface area (Å²) in [6.07, 6.45) is 0.902. The molecule has 5 nitrogen and oxygen atoms in total. The van der Waals surface area contributed by atoms with Crippen LogP contribution in [0.1, 0.15) is 25.0 Å². The lowest BCUT2D eigenvalue weighted by Gasteiger charge is -2.18. The standard InChI is InChI=1S/C21H26FN3O2/c1-3-25(4-2)20(26)15-17-8-10-19(11-9-17)24-21(27)23-13-12-16-6-5-7-18(22)14-16/h5-11,14H,3-4,12-13,15H2,1-2H3,(H2,23,24,27). The number of hydrogen-bond acceptors (Lipinski definition) is 2. The summed E-state index contributed by atoms with van der Waals surface area (Å²) in [4.78, 5) is 25.8. The van der Waals surface area contributed by atoms with Gasteiger partial charge in [-0.2, -0.15) is 0 Å². The third-order valence-electron chi connectivity index (χ3n) is 4.27. The van der Waals surface area contributed by atoms with E-state index in [0.717, 1.165) is 11.1 Å². The first-order valence-corrected chi connectivity index (χ1v) is 9.17. The van der Waals surface area contributed by atoms with E-state index in [1.54, 1.807) is 23.1 Å². The Morgan fingerprint density at radius 3 is 2.33 bits per heavy atom. The molecule has 2 N–H and O–H groups in total. The summed E-state index contributed by atoms with van der Waals surface area (Å²) in [5.41, 5.74) is 2.39. The molecule has 6 heteroatoms. The number of rotatable bonds is 8. The van der Waals surface area contributed by atoms with Crippen LogP contribution in [0.2, 0.25) is 0 Å². The smallest absolute Gasteiger partial charge is 0.319 e. The molecule has 2 rings (SSSR count). The highest BCUT2D eigenvalue weighted by Crippen LogP contribution is 2.11. The molecule has 0 aromatic heterocycles. The maximum Gasteiger partial charge on any atom is 0.319 e. The number of anilines is 1. The molecule has 0 aliphatic heterocycles. The molecule has 27 heavy (non-hydrogen) atoms. The van der Waals surface area contributed by atoms with Crippen LogP contribution < -0.4 is 10.6 Å². The Morgan fingerprint density at radius 2 is 1.70 bits per heavy atom. The Hall–Kier alpha value is -2.89. The van der Waals surface area contributed by atoms with Crippen LogP contribution in [0.3, 0.4) is 0 Å². The average molecular weight is 371 g/mol. The van der Waals surface area contributed by atoms with E-state index in [9.17, 15) is 14.0 Å². The second-order valence-electron chi connectivity index (χ2n) is 6.20. The minimum Gasteiger partial charge on any atom is -0.343 e. The van der Waals surface area contributed by atoms with Gasteiger partial charge in [0.15, 0.2) is 0 Å². The third kappa shape index (κ3) is 6.73. The summed E-state index contributed by atoms with van der Waals surface area (Å²) in [5.74, 6) is -0.188. The van der Waals surface area contributed by atoms with Crippen molar-refractivity contribution in [2.75, 3.05) is 25.0 Å². The highest BCUT2D eigenvalue weighted by atomic mass is 19.1. The monoisotopic (exact) mass is 371 g/mol. The van der Waals surface area contributed by atoms with E-state index < -0.39 is 0 Å². The lowest BCUT2D eigenvalue weighted by Crippen LogP contribution is -2.31. The van der Waals surface area contributed by atoms with Gasteiger partial charge in [-0.05, 0) is 55.7 Å². The molecule has 2 aromatic rings. The van der Waals surface area contributed by atoms with Crippen molar-refractivity contribution in [3.63, 3.8) is 0 Å². The predicted octanol–water partition coefficient (Wildman–Crippen LogP) is 3.60. The molecule has 0 unspecified atom stereocenters. The first-order chi connectivity index (χ1) is 13.0. The molecular weight excluding hydrogens is 345 g/mol. The fraction of sp³-hybridized carbons (Fsp3) is 0.333. The van der Waals surface area contributed by atoms with E-state index in [-0.39, 0.29) is 17.8 Å². The minimum atomic E-state index is -0.321. The van der Waals surface area contributed by atoms with Crippen LogP contribution in [0.25, 0.3) is 0 Å². The maximum absolute atomic E-state index is 13.1. The summed E-state index contributed by atoms with van der Waals surface area (Å²) in [6, 6.07) is 13.2. The Bertz CT molecular complexity index is 758. The van der Waals surface area contributed by atoms with Crippen LogP contribution >= 0.6 is 0 Å². The van der Waals surface area contributed by atoms with Gasteiger partial charge in [0.25, 0.3) is 0 Å². The Labute approximate surface area is 159 Å². The molecule has 0 saturated heterocycles. The van der Waals surface area contributed by atoms with E-state index in [4.69, 9.17) is 0 Å². The van der Waals surface area contributed by atoms with Crippen LogP contribution in [0.4, 0.5) is 14.9 Å². The largest absolute Gasteiger partial charge is 0.343 e. The summed E-state index contributed by atoms with van der Waals surface area (Å²) >= 11 is 0. The van der Waals surface area contributed by atoms with E-state index in [1.807, 2.05) is 32.0 Å². The zero-order valence-electron chi connectivity index (χ0n) is 15.8. The molecule has 144 valence electrons. The van der Waals surface area contributed by atoms with Gasteiger partial charge in [0.1, 0.15) is 5.82 Å². The van der Waals surface area contributed by atoms with Crippen molar-refractivity contribution in [3.8, 4) is 0 Å². The molecule has 0 aliphatic carbocycles. The van der Waals surface area contributed by atoms with Crippen molar-refractivity contribution in [2.45, 2.75) is 26.7 Å². The van der Waals surface area contributed by atoms with Gasteiger partial charge in [-0.1, -0.05) is 24.3 Å². The Balaban J connectivity index is 1.78. The van der Waals surface area contributed by atoms with E-state index in [1.165, 1.54) is 12.1 Å². The molecule has 0 saturated carbocycles. The Morgan fingerprint density at radius 1 is 1.00 bits per heavy atom. The number of urea groups is 1. The third-order valence-corrected chi connectivity index (χ3v) is 4.27. The molecule has 0 radical (unpaired) electrons. The van der Waals surface area contributed by atoms with E-state index >= 15 is 0 Å². The number of hydrogen-bond donors (Lipinski definition) is 2. The van der Waals surface area contributed by atoms with E-state index in [0.29, 0.717) is 38.2 Å². The molecule has 0 spiro atoms. The maximum atomic E-state index is 13.1. The molecule has 0 bridgehead atoms. The fourth-order valence-corrected chi connectivity index (χ4v) is 2.76. The highest BCUT2D eigenvalue weighted by Gasteiger charge is 2.10. The molecule has 2 aromatic carbocycles. The number of halogens is 1. The van der Waals surface area contributed by atoms with Gasteiger partial charge >= 0.3 is 6.03 Å². The number of carbonyl (C=O) groups excluding carboxylic acids is 2. The lowest BCUT2D eigenvalue weighted by atomic mass is 10.1. The number of nitrogens with zero attached hydrogens (tertiary/aromatic N) is 1. The zero-order chi connectivity index (χ0) is 19.6. The highest BCUT2D eigenvalue weighted by molar-refractivity contribution is 5.89. The second-order valence-corrected chi connectivity index (χ2v) is 6.20. The van der Waals surface area contributed by atoms with Crippen molar-refractivity contribution < 1.29 is 14.0 Å². The fourth-order valence-electron chi connectivity index (χ4n) is 2.76. The van der Waals surface area contributed by atoms with Crippen molar-refractivity contribution in [1.29, 1.82) is 0 Å². The first kappa shape index (κ1) is 20.4. The van der Waals surface area contributed by atoms with Gasteiger partial charge in [-0.3, -0.25) is 4.79 Å². The van der Waals surface area contributed by atoms with Crippen LogP contribution in [-0.2, 0) is 17.6 Å². The summed E-state index contributed by atoms with van der Waals surface area (Å²) in [5, 5.41) is 5.49. The van der Waals surface area contributed by atoms with Gasteiger partial charge < -0.3 is 15.5 Å². The first-order valence-electron chi connectivity index (χ1n) is 9.17. The summed E-state index contributed by atoms with van der Waals surface area (Å²) in [7, 11) is 0. The van der Waals surface area contributed by atoms with Gasteiger partial charge in [0.2, 0.25) is 5.91 Å². The molecular formula is C21H26FN3O2. The number of amides is 3. The lowest BCUT2D eigenvalue weighted by molar-refractivity contribution is -0.130. The molecule has 0 aliphatic rings. The van der Waals surface area contributed by atoms with Crippen LogP contribution in [0, 0.1) is 5.82 Å². The topological polar surface area (TPSA) is 61.4 Å².